The lowest BCUT2D eigenvalue weighted by molar-refractivity contribution is 0.0981. The van der Waals surface area contributed by atoms with Crippen LogP contribution in [0, 0.1) is 6.92 Å². The monoisotopic (exact) mass is 270 g/mol. The van der Waals surface area contributed by atoms with Gasteiger partial charge in [-0.05, 0) is 37.1 Å². The Kier molecular flexibility index (Phi) is 4.82. The van der Waals surface area contributed by atoms with Crippen LogP contribution in [0.15, 0.2) is 18.2 Å². The maximum Gasteiger partial charge on any atom is 0.163 e. The number of aryl methyl sites for hydroxylation is 1. The van der Waals surface area contributed by atoms with Crippen LogP contribution in [0.5, 0.6) is 5.75 Å². The van der Waals surface area contributed by atoms with E-state index in [-0.39, 0.29) is 5.78 Å². The highest BCUT2D eigenvalue weighted by Crippen LogP contribution is 2.18. The molecular weight excluding hydrogens is 256 g/mol. The number of alkyl halides is 1. The summed E-state index contributed by atoms with van der Waals surface area (Å²) in [6, 6.07) is 5.56. The number of hydrogen-bond donors (Lipinski definition) is 0. The average molecular weight is 271 g/mol. The standard InChI is InChI=1S/C12H15BrO2/c1-9-8-10(15-2)5-6-11(9)12(14)4-3-7-13/h5-6,8H,3-4,7H2,1-2H3. The number of rotatable bonds is 5. The van der Waals surface area contributed by atoms with Crippen molar-refractivity contribution in [2.45, 2.75) is 19.8 Å². The van der Waals surface area contributed by atoms with E-state index in [2.05, 4.69) is 15.9 Å². The first-order valence-electron chi connectivity index (χ1n) is 4.93. The number of methoxy groups -OCH3 is 1. The first-order chi connectivity index (χ1) is 7.19. The van der Waals surface area contributed by atoms with Crippen molar-refractivity contribution >= 4 is 21.7 Å². The molecule has 0 amide bonds. The molecule has 0 bridgehead atoms. The van der Waals surface area contributed by atoms with Gasteiger partial charge in [-0.3, -0.25) is 4.79 Å². The number of ketones is 1. The van der Waals surface area contributed by atoms with Crippen LogP contribution in [0.2, 0.25) is 0 Å². The van der Waals surface area contributed by atoms with E-state index < -0.39 is 0 Å². The summed E-state index contributed by atoms with van der Waals surface area (Å²) in [5.41, 5.74) is 1.78. The normalized spacial score (nSPS) is 10.1. The second-order valence-corrected chi connectivity index (χ2v) is 4.19. The maximum absolute atomic E-state index is 11.8. The van der Waals surface area contributed by atoms with Crippen molar-refractivity contribution < 1.29 is 9.53 Å². The second-order valence-electron chi connectivity index (χ2n) is 3.40. The van der Waals surface area contributed by atoms with Gasteiger partial charge in [-0.1, -0.05) is 15.9 Å². The van der Waals surface area contributed by atoms with Gasteiger partial charge in [0.1, 0.15) is 5.75 Å². The number of Topliss-reactive ketones (excluding diaryl/α,β-unsaturated/α-hetero) is 1. The summed E-state index contributed by atoms with van der Waals surface area (Å²) in [5, 5.41) is 0.869. The minimum absolute atomic E-state index is 0.203. The van der Waals surface area contributed by atoms with Crippen molar-refractivity contribution in [2.75, 3.05) is 12.4 Å². The van der Waals surface area contributed by atoms with Crippen LogP contribution in [0.1, 0.15) is 28.8 Å². The third-order valence-electron chi connectivity index (χ3n) is 2.27. The highest BCUT2D eigenvalue weighted by atomic mass is 79.9. The van der Waals surface area contributed by atoms with Gasteiger partial charge < -0.3 is 4.74 Å². The molecule has 15 heavy (non-hydrogen) atoms. The molecule has 0 saturated carbocycles. The van der Waals surface area contributed by atoms with Crippen molar-refractivity contribution in [1.82, 2.24) is 0 Å². The largest absolute Gasteiger partial charge is 0.497 e. The van der Waals surface area contributed by atoms with Gasteiger partial charge >= 0.3 is 0 Å². The number of benzene rings is 1. The Morgan fingerprint density at radius 3 is 2.73 bits per heavy atom. The van der Waals surface area contributed by atoms with Crippen LogP contribution in [0.4, 0.5) is 0 Å². The number of carbonyl (C=O) groups excluding carboxylic acids is 1. The Balaban J connectivity index is 2.81. The molecule has 0 atom stereocenters. The van der Waals surface area contributed by atoms with Gasteiger partial charge in [-0.2, -0.15) is 0 Å². The van der Waals surface area contributed by atoms with E-state index in [1.54, 1.807) is 7.11 Å². The lowest BCUT2D eigenvalue weighted by Gasteiger charge is -2.06. The van der Waals surface area contributed by atoms with Crippen LogP contribution < -0.4 is 4.74 Å². The zero-order valence-corrected chi connectivity index (χ0v) is 10.6. The third kappa shape index (κ3) is 3.34. The second kappa shape index (κ2) is 5.91. The van der Waals surface area contributed by atoms with Gasteiger partial charge in [0.05, 0.1) is 7.11 Å². The zero-order valence-electron chi connectivity index (χ0n) is 9.05. The van der Waals surface area contributed by atoms with Crippen LogP contribution in [0.3, 0.4) is 0 Å². The minimum atomic E-state index is 0.203. The van der Waals surface area contributed by atoms with E-state index in [1.807, 2.05) is 25.1 Å². The Bertz CT molecular complexity index is 347. The van der Waals surface area contributed by atoms with E-state index in [0.29, 0.717) is 6.42 Å². The molecule has 0 aromatic heterocycles. The topological polar surface area (TPSA) is 26.3 Å². The van der Waals surface area contributed by atoms with Crippen molar-refractivity contribution in [3.8, 4) is 5.75 Å². The first-order valence-corrected chi connectivity index (χ1v) is 6.05. The van der Waals surface area contributed by atoms with Gasteiger partial charge in [0.25, 0.3) is 0 Å². The Morgan fingerprint density at radius 1 is 1.47 bits per heavy atom. The summed E-state index contributed by atoms with van der Waals surface area (Å²) < 4.78 is 5.09. The molecule has 2 nitrogen and oxygen atoms in total. The molecule has 0 aliphatic carbocycles. The molecule has 0 aliphatic heterocycles. The summed E-state index contributed by atoms with van der Waals surface area (Å²) in [6.07, 6.45) is 1.47. The van der Waals surface area contributed by atoms with Crippen LogP contribution >= 0.6 is 15.9 Å². The molecule has 0 heterocycles. The van der Waals surface area contributed by atoms with Crippen molar-refractivity contribution in [3.63, 3.8) is 0 Å². The molecule has 1 rings (SSSR count). The molecule has 0 radical (unpaired) electrons. The molecule has 0 N–H and O–H groups in total. The van der Waals surface area contributed by atoms with E-state index >= 15 is 0 Å². The van der Waals surface area contributed by atoms with Gasteiger partial charge in [-0.25, -0.2) is 0 Å². The number of carbonyl (C=O) groups is 1. The SMILES string of the molecule is COc1ccc(C(=O)CCCBr)c(C)c1. The lowest BCUT2D eigenvalue weighted by Crippen LogP contribution is -2.02. The highest BCUT2D eigenvalue weighted by molar-refractivity contribution is 9.09. The third-order valence-corrected chi connectivity index (χ3v) is 2.83. The van der Waals surface area contributed by atoms with E-state index in [0.717, 1.165) is 28.6 Å². The van der Waals surface area contributed by atoms with E-state index in [9.17, 15) is 4.79 Å². The molecule has 1 aromatic carbocycles. The molecule has 1 aromatic rings. The molecule has 0 unspecified atom stereocenters. The summed E-state index contributed by atoms with van der Waals surface area (Å²) in [6.45, 7) is 1.93. The van der Waals surface area contributed by atoms with Crippen molar-refractivity contribution in [2.24, 2.45) is 0 Å². The summed E-state index contributed by atoms with van der Waals surface area (Å²) in [4.78, 5) is 11.8. The van der Waals surface area contributed by atoms with Gasteiger partial charge in [0.2, 0.25) is 0 Å². The summed E-state index contributed by atoms with van der Waals surface area (Å²) in [5.74, 6) is 0.999. The number of halogens is 1. The smallest absolute Gasteiger partial charge is 0.163 e. The molecule has 0 spiro atoms. The molecule has 0 saturated heterocycles. The summed E-state index contributed by atoms with van der Waals surface area (Å²) in [7, 11) is 1.63. The number of hydrogen-bond acceptors (Lipinski definition) is 2. The van der Waals surface area contributed by atoms with Gasteiger partial charge in [-0.15, -0.1) is 0 Å². The van der Waals surface area contributed by atoms with Crippen molar-refractivity contribution in [1.29, 1.82) is 0 Å². The fourth-order valence-electron chi connectivity index (χ4n) is 1.44. The fourth-order valence-corrected chi connectivity index (χ4v) is 1.72. The summed E-state index contributed by atoms with van der Waals surface area (Å²) >= 11 is 3.32. The van der Waals surface area contributed by atoms with Gasteiger partial charge in [0, 0.05) is 17.3 Å². The lowest BCUT2D eigenvalue weighted by atomic mass is 10.0. The number of ether oxygens (including phenoxy) is 1. The Hall–Kier alpha value is -0.830. The Morgan fingerprint density at radius 2 is 2.20 bits per heavy atom. The maximum atomic E-state index is 11.8. The quantitative estimate of drug-likeness (QED) is 0.606. The van der Waals surface area contributed by atoms with E-state index in [1.165, 1.54) is 0 Å². The van der Waals surface area contributed by atoms with Gasteiger partial charge in [0.15, 0.2) is 5.78 Å². The molecular formula is C12H15BrO2. The van der Waals surface area contributed by atoms with Crippen LogP contribution in [0.25, 0.3) is 0 Å². The van der Waals surface area contributed by atoms with E-state index in [4.69, 9.17) is 4.74 Å². The molecule has 0 fully saturated rings. The fraction of sp³-hybridized carbons (Fsp3) is 0.417. The highest BCUT2D eigenvalue weighted by Gasteiger charge is 2.08. The predicted octanol–water partition coefficient (Wildman–Crippen LogP) is 3.36. The Labute approximate surface area is 98.8 Å². The predicted molar refractivity (Wildman–Crippen MR) is 65.1 cm³/mol. The molecule has 3 heteroatoms. The molecule has 82 valence electrons. The molecule has 0 aliphatic rings. The van der Waals surface area contributed by atoms with Crippen molar-refractivity contribution in [3.05, 3.63) is 29.3 Å². The first kappa shape index (κ1) is 12.2. The zero-order chi connectivity index (χ0) is 11.3. The van der Waals surface area contributed by atoms with Crippen LogP contribution in [-0.2, 0) is 0 Å². The van der Waals surface area contributed by atoms with Crippen LogP contribution in [-0.4, -0.2) is 18.2 Å². The minimum Gasteiger partial charge on any atom is -0.497 e. The average Bonchev–Trinajstić information content (AvgIpc) is 2.25.